The van der Waals surface area contributed by atoms with Crippen molar-refractivity contribution in [2.24, 2.45) is 0 Å². The molecule has 3 rings (SSSR count). The summed E-state index contributed by atoms with van der Waals surface area (Å²) in [6, 6.07) is 10.6. The van der Waals surface area contributed by atoms with Crippen LogP contribution in [0, 0.1) is 19.7 Å². The Kier molecular flexibility index (Phi) is 4.15. The zero-order valence-electron chi connectivity index (χ0n) is 12.3. The number of hydrogen-bond donors (Lipinski definition) is 0. The molecule has 1 aliphatic rings. The van der Waals surface area contributed by atoms with Crippen LogP contribution >= 0.6 is 23.4 Å². The SMILES string of the molecule is Cc1ccc([C@@H]2SCC(=O)N2c2ccc(F)c(Cl)c2)cc1C. The van der Waals surface area contributed by atoms with Gasteiger partial charge in [-0.2, -0.15) is 0 Å². The molecule has 114 valence electrons. The van der Waals surface area contributed by atoms with Crippen LogP contribution in [0.5, 0.6) is 0 Å². The molecule has 0 saturated carbocycles. The van der Waals surface area contributed by atoms with Gasteiger partial charge in [-0.3, -0.25) is 9.69 Å². The molecule has 1 aliphatic heterocycles. The number of aryl methyl sites for hydroxylation is 2. The Hall–Kier alpha value is -1.52. The van der Waals surface area contributed by atoms with Crippen LogP contribution in [0.4, 0.5) is 10.1 Å². The molecule has 0 aromatic heterocycles. The van der Waals surface area contributed by atoms with E-state index in [1.807, 2.05) is 6.07 Å². The molecule has 1 saturated heterocycles. The summed E-state index contributed by atoms with van der Waals surface area (Å²) in [5.41, 5.74) is 4.10. The minimum Gasteiger partial charge on any atom is -0.295 e. The molecular formula is C17H15ClFNOS. The third-order valence-electron chi connectivity index (χ3n) is 3.87. The summed E-state index contributed by atoms with van der Waals surface area (Å²) >= 11 is 7.43. The number of carbonyl (C=O) groups is 1. The van der Waals surface area contributed by atoms with Crippen LogP contribution in [0.2, 0.25) is 5.02 Å². The van der Waals surface area contributed by atoms with Crippen LogP contribution in [0.25, 0.3) is 0 Å². The maximum atomic E-state index is 13.4. The molecule has 0 spiro atoms. The molecule has 1 fully saturated rings. The summed E-state index contributed by atoms with van der Waals surface area (Å²) in [5, 5.41) is -0.0747. The number of thioether (sulfide) groups is 1. The van der Waals surface area contributed by atoms with Gasteiger partial charge < -0.3 is 0 Å². The fourth-order valence-corrected chi connectivity index (χ4v) is 3.84. The van der Waals surface area contributed by atoms with Gasteiger partial charge in [-0.1, -0.05) is 29.8 Å². The number of amides is 1. The average Bonchev–Trinajstić information content (AvgIpc) is 2.87. The third-order valence-corrected chi connectivity index (χ3v) is 5.37. The molecule has 2 nitrogen and oxygen atoms in total. The Morgan fingerprint density at radius 3 is 2.64 bits per heavy atom. The number of hydrogen-bond acceptors (Lipinski definition) is 2. The summed E-state index contributed by atoms with van der Waals surface area (Å²) in [6.45, 7) is 4.11. The van der Waals surface area contributed by atoms with Crippen molar-refractivity contribution in [1.82, 2.24) is 0 Å². The first-order chi connectivity index (χ1) is 10.5. The number of benzene rings is 2. The van der Waals surface area contributed by atoms with Gasteiger partial charge in [0.15, 0.2) is 0 Å². The Bertz CT molecular complexity index is 749. The Balaban J connectivity index is 2.01. The van der Waals surface area contributed by atoms with Gasteiger partial charge in [-0.05, 0) is 48.7 Å². The van der Waals surface area contributed by atoms with E-state index in [4.69, 9.17) is 11.6 Å². The van der Waals surface area contributed by atoms with Crippen molar-refractivity contribution in [3.8, 4) is 0 Å². The van der Waals surface area contributed by atoms with E-state index >= 15 is 0 Å². The van der Waals surface area contributed by atoms with E-state index in [0.29, 0.717) is 11.4 Å². The van der Waals surface area contributed by atoms with E-state index < -0.39 is 5.82 Å². The van der Waals surface area contributed by atoms with Gasteiger partial charge in [0, 0.05) is 5.69 Å². The number of rotatable bonds is 2. The summed E-state index contributed by atoms with van der Waals surface area (Å²) in [6.07, 6.45) is 0. The lowest BCUT2D eigenvalue weighted by Crippen LogP contribution is -2.27. The monoisotopic (exact) mass is 335 g/mol. The highest BCUT2D eigenvalue weighted by molar-refractivity contribution is 8.00. The van der Waals surface area contributed by atoms with Gasteiger partial charge >= 0.3 is 0 Å². The fourth-order valence-electron chi connectivity index (χ4n) is 2.50. The second-order valence-electron chi connectivity index (χ2n) is 5.37. The first-order valence-electron chi connectivity index (χ1n) is 6.93. The van der Waals surface area contributed by atoms with Crippen LogP contribution in [-0.2, 0) is 4.79 Å². The first-order valence-corrected chi connectivity index (χ1v) is 8.36. The lowest BCUT2D eigenvalue weighted by atomic mass is 10.1. The maximum Gasteiger partial charge on any atom is 0.238 e. The van der Waals surface area contributed by atoms with Gasteiger partial charge in [-0.25, -0.2) is 4.39 Å². The molecule has 0 bridgehead atoms. The van der Waals surface area contributed by atoms with E-state index in [2.05, 4.69) is 26.0 Å². The number of halogens is 2. The Labute approximate surface area is 138 Å². The van der Waals surface area contributed by atoms with Crippen LogP contribution in [-0.4, -0.2) is 11.7 Å². The smallest absolute Gasteiger partial charge is 0.238 e. The fraction of sp³-hybridized carbons (Fsp3) is 0.235. The molecule has 22 heavy (non-hydrogen) atoms. The van der Waals surface area contributed by atoms with Gasteiger partial charge in [0.05, 0.1) is 10.8 Å². The third kappa shape index (κ3) is 2.73. The summed E-state index contributed by atoms with van der Waals surface area (Å²) in [7, 11) is 0. The number of anilines is 1. The highest BCUT2D eigenvalue weighted by atomic mass is 35.5. The molecule has 1 heterocycles. The first kappa shape index (κ1) is 15.4. The number of nitrogens with zero attached hydrogens (tertiary/aromatic N) is 1. The zero-order chi connectivity index (χ0) is 15.9. The Morgan fingerprint density at radius 2 is 1.95 bits per heavy atom. The molecule has 1 amide bonds. The highest BCUT2D eigenvalue weighted by Gasteiger charge is 2.34. The van der Waals surface area contributed by atoms with E-state index in [1.165, 1.54) is 23.3 Å². The van der Waals surface area contributed by atoms with Crippen LogP contribution in [0.3, 0.4) is 0 Å². The molecule has 2 aromatic rings. The van der Waals surface area contributed by atoms with Gasteiger partial charge in [0.2, 0.25) is 5.91 Å². The van der Waals surface area contributed by atoms with Crippen molar-refractivity contribution in [2.75, 3.05) is 10.7 Å². The van der Waals surface area contributed by atoms with Crippen LogP contribution in [0.15, 0.2) is 36.4 Å². The predicted octanol–water partition coefficient (Wildman–Crippen LogP) is 4.87. The van der Waals surface area contributed by atoms with Crippen molar-refractivity contribution >= 4 is 35.0 Å². The normalized spacial score (nSPS) is 18.1. The molecule has 0 radical (unpaired) electrons. The van der Waals surface area contributed by atoms with Crippen molar-refractivity contribution in [2.45, 2.75) is 19.2 Å². The molecule has 5 heteroatoms. The van der Waals surface area contributed by atoms with E-state index in [0.717, 1.165) is 5.56 Å². The van der Waals surface area contributed by atoms with Gasteiger partial charge in [-0.15, -0.1) is 11.8 Å². The zero-order valence-corrected chi connectivity index (χ0v) is 13.8. The minimum absolute atomic E-state index is 0.0101. The van der Waals surface area contributed by atoms with Crippen molar-refractivity contribution < 1.29 is 9.18 Å². The quantitative estimate of drug-likeness (QED) is 0.780. The molecule has 2 aromatic carbocycles. The van der Waals surface area contributed by atoms with Crippen molar-refractivity contribution in [3.05, 3.63) is 63.9 Å². The second-order valence-corrected chi connectivity index (χ2v) is 6.84. The van der Waals surface area contributed by atoms with Crippen molar-refractivity contribution in [3.63, 3.8) is 0 Å². The molecule has 0 N–H and O–H groups in total. The second kappa shape index (κ2) is 5.94. The van der Waals surface area contributed by atoms with Gasteiger partial charge in [0.1, 0.15) is 11.2 Å². The molecule has 1 atom stereocenters. The lowest BCUT2D eigenvalue weighted by molar-refractivity contribution is -0.115. The average molecular weight is 336 g/mol. The van der Waals surface area contributed by atoms with E-state index in [-0.39, 0.29) is 16.3 Å². The van der Waals surface area contributed by atoms with Crippen molar-refractivity contribution in [1.29, 1.82) is 0 Å². The van der Waals surface area contributed by atoms with Crippen LogP contribution in [0.1, 0.15) is 22.1 Å². The summed E-state index contributed by atoms with van der Waals surface area (Å²) < 4.78 is 13.4. The van der Waals surface area contributed by atoms with E-state index in [9.17, 15) is 9.18 Å². The predicted molar refractivity (Wildman–Crippen MR) is 90.0 cm³/mol. The number of carbonyl (C=O) groups excluding carboxylic acids is 1. The van der Waals surface area contributed by atoms with E-state index in [1.54, 1.807) is 22.7 Å². The highest BCUT2D eigenvalue weighted by Crippen LogP contribution is 2.42. The molecule has 0 unspecified atom stereocenters. The summed E-state index contributed by atoms with van der Waals surface area (Å²) in [4.78, 5) is 14.0. The van der Waals surface area contributed by atoms with Gasteiger partial charge in [0.25, 0.3) is 0 Å². The minimum atomic E-state index is -0.479. The lowest BCUT2D eigenvalue weighted by Gasteiger charge is -2.25. The van der Waals surface area contributed by atoms with Crippen LogP contribution < -0.4 is 4.90 Å². The standard InChI is InChI=1S/C17H15ClFNOS/c1-10-3-4-12(7-11(10)2)17-20(16(21)9-22-17)13-5-6-15(19)14(18)8-13/h3-8,17H,9H2,1-2H3/t17-/m0/s1. The molecular weight excluding hydrogens is 321 g/mol. The Morgan fingerprint density at radius 1 is 1.18 bits per heavy atom. The topological polar surface area (TPSA) is 20.3 Å². The largest absolute Gasteiger partial charge is 0.295 e. The molecule has 0 aliphatic carbocycles. The maximum absolute atomic E-state index is 13.4. The summed E-state index contributed by atoms with van der Waals surface area (Å²) in [5.74, 6) is -0.0598.